The number of para-hydroxylation sites is 5. The Hall–Kier alpha value is -8.12. The van der Waals surface area contributed by atoms with Crippen molar-refractivity contribution in [1.82, 2.24) is 4.57 Å². The van der Waals surface area contributed by atoms with E-state index in [9.17, 15) is 0 Å². The Balaban J connectivity index is 1.08. The summed E-state index contributed by atoms with van der Waals surface area (Å²) in [5, 5.41) is 7.84. The number of nitrogens with zero attached hydrogens (tertiary/aromatic N) is 2. The lowest BCUT2D eigenvalue weighted by Gasteiger charge is -2.43. The molecule has 0 aliphatic carbocycles. The number of ether oxygens (including phenoxy) is 1. The maximum absolute atomic E-state index is 7.32. The normalized spacial score (nSPS) is 12.7. The fourth-order valence-electron chi connectivity index (χ4n) is 11.1. The molecule has 0 radical (unpaired) electrons. The van der Waals surface area contributed by atoms with E-state index in [1.54, 1.807) is 0 Å². The van der Waals surface area contributed by atoms with Gasteiger partial charge in [0.15, 0.2) is 8.07 Å². The number of hydrogen-bond acceptors (Lipinski definition) is 2. The number of benzene rings is 10. The molecule has 1 aromatic heterocycles. The standard InChI is InChI=1S/C60H41BN2OSi/c1-5-21-43(22-6-1)63-57-36-20-16-32-51(57)52-39-42(48-29-13-17-33-54(48)62-55-34-18-14-30-49(55)50-31-15-19-35-56(50)62)40-59-60(52)61(63)53-41-47(37-38-58(53)64-59)65(44-23-7-2-8-24-44,45-25-9-3-10-26-45)46-27-11-4-12-28-46/h1-41H. The highest BCUT2D eigenvalue weighted by Gasteiger charge is 2.47. The monoisotopic (exact) mass is 844 g/mol. The fourth-order valence-corrected chi connectivity index (χ4v) is 15.9. The summed E-state index contributed by atoms with van der Waals surface area (Å²) in [6.45, 7) is -0.170. The lowest BCUT2D eigenvalue weighted by molar-refractivity contribution is 0.487. The molecule has 0 fully saturated rings. The molecule has 10 aromatic carbocycles. The second-order valence-electron chi connectivity index (χ2n) is 17.2. The van der Waals surface area contributed by atoms with Crippen molar-refractivity contribution in [2.75, 3.05) is 4.81 Å². The van der Waals surface area contributed by atoms with Crippen molar-refractivity contribution < 1.29 is 4.74 Å². The Kier molecular flexibility index (Phi) is 8.65. The Morgan fingerprint density at radius 2 is 0.877 bits per heavy atom. The largest absolute Gasteiger partial charge is 0.458 e. The van der Waals surface area contributed by atoms with Crippen LogP contribution in [0.1, 0.15) is 0 Å². The van der Waals surface area contributed by atoms with E-state index in [1.165, 1.54) is 64.8 Å². The van der Waals surface area contributed by atoms with Gasteiger partial charge in [0, 0.05) is 38.7 Å². The topological polar surface area (TPSA) is 17.4 Å². The van der Waals surface area contributed by atoms with E-state index in [0.717, 1.165) is 39.5 Å². The minimum atomic E-state index is -2.86. The molecule has 2 aliphatic heterocycles. The fraction of sp³-hybridized carbons (Fsp3) is 0. The molecule has 0 saturated heterocycles. The van der Waals surface area contributed by atoms with Gasteiger partial charge in [-0.3, -0.25) is 0 Å². The van der Waals surface area contributed by atoms with Crippen LogP contribution in [0.5, 0.6) is 11.5 Å². The Bertz CT molecular complexity index is 3440. The molecule has 5 heteroatoms. The van der Waals surface area contributed by atoms with Gasteiger partial charge in [0.2, 0.25) is 0 Å². The van der Waals surface area contributed by atoms with E-state index >= 15 is 0 Å². The van der Waals surface area contributed by atoms with Crippen molar-refractivity contribution in [3.63, 3.8) is 0 Å². The molecule has 0 bridgehead atoms. The molecular weight excluding hydrogens is 804 g/mol. The zero-order valence-corrected chi connectivity index (χ0v) is 36.6. The number of fused-ring (bicyclic) bond motifs is 7. The summed E-state index contributed by atoms with van der Waals surface area (Å²) in [5.74, 6) is 1.76. The van der Waals surface area contributed by atoms with E-state index in [1.807, 2.05) is 0 Å². The Morgan fingerprint density at radius 1 is 0.369 bits per heavy atom. The van der Waals surface area contributed by atoms with Crippen LogP contribution in [0, 0.1) is 0 Å². The van der Waals surface area contributed by atoms with Gasteiger partial charge in [-0.1, -0.05) is 194 Å². The van der Waals surface area contributed by atoms with Gasteiger partial charge in [-0.25, -0.2) is 0 Å². The first-order chi connectivity index (χ1) is 32.3. The van der Waals surface area contributed by atoms with Crippen LogP contribution >= 0.6 is 0 Å². The van der Waals surface area contributed by atoms with Gasteiger partial charge in [0.1, 0.15) is 11.5 Å². The SMILES string of the molecule is c1ccc(N2B3c4cc([Si](c5ccccc5)(c5ccccc5)c5ccccc5)ccc4Oc4cc(-c5ccccc5-n5c6ccccc6c6ccccc65)cc(c43)-c3ccccc32)cc1. The summed E-state index contributed by atoms with van der Waals surface area (Å²) < 4.78 is 9.75. The van der Waals surface area contributed by atoms with Crippen LogP contribution in [-0.2, 0) is 0 Å². The number of hydrogen-bond donors (Lipinski definition) is 0. The van der Waals surface area contributed by atoms with E-state index < -0.39 is 8.07 Å². The van der Waals surface area contributed by atoms with Gasteiger partial charge in [0.25, 0.3) is 0 Å². The van der Waals surface area contributed by atoms with Crippen LogP contribution in [-0.4, -0.2) is 19.5 Å². The van der Waals surface area contributed by atoms with E-state index in [4.69, 9.17) is 4.74 Å². The van der Waals surface area contributed by atoms with Crippen molar-refractivity contribution in [3.8, 4) is 39.4 Å². The molecule has 2 aliphatic rings. The summed E-state index contributed by atoms with van der Waals surface area (Å²) in [4.78, 5) is 2.55. The average Bonchev–Trinajstić information content (AvgIpc) is 3.72. The van der Waals surface area contributed by atoms with Crippen molar-refractivity contribution in [1.29, 1.82) is 0 Å². The van der Waals surface area contributed by atoms with Gasteiger partial charge in [-0.05, 0) is 91.9 Å². The minimum absolute atomic E-state index is 0.170. The molecule has 304 valence electrons. The van der Waals surface area contributed by atoms with Crippen molar-refractivity contribution in [2.24, 2.45) is 0 Å². The van der Waals surface area contributed by atoms with Crippen molar-refractivity contribution in [2.45, 2.75) is 0 Å². The molecule has 0 spiro atoms. The van der Waals surface area contributed by atoms with Gasteiger partial charge in [-0.2, -0.15) is 0 Å². The minimum Gasteiger partial charge on any atom is -0.458 e. The third-order valence-corrected chi connectivity index (χ3v) is 18.6. The zero-order valence-electron chi connectivity index (χ0n) is 35.6. The Labute approximate surface area is 380 Å². The lowest BCUT2D eigenvalue weighted by Crippen LogP contribution is -2.75. The van der Waals surface area contributed by atoms with E-state index in [2.05, 4.69) is 258 Å². The molecule has 0 atom stereocenters. The van der Waals surface area contributed by atoms with Crippen molar-refractivity contribution in [3.05, 3.63) is 249 Å². The lowest BCUT2D eigenvalue weighted by atomic mass is 9.44. The third-order valence-electron chi connectivity index (χ3n) is 13.8. The molecule has 3 heterocycles. The number of anilines is 2. The summed E-state index contributed by atoms with van der Waals surface area (Å²) in [6, 6.07) is 91.5. The van der Waals surface area contributed by atoms with Crippen LogP contribution in [0.25, 0.3) is 49.7 Å². The molecule has 0 amide bonds. The molecular formula is C60H41BN2OSi. The first-order valence-electron chi connectivity index (χ1n) is 22.5. The first kappa shape index (κ1) is 37.4. The average molecular weight is 845 g/mol. The smallest absolute Gasteiger partial charge is 0.336 e. The molecule has 0 saturated carbocycles. The van der Waals surface area contributed by atoms with Gasteiger partial charge in [0.05, 0.1) is 16.7 Å². The molecule has 13 rings (SSSR count). The number of aromatic nitrogens is 1. The summed E-state index contributed by atoms with van der Waals surface area (Å²) in [5.41, 5.74) is 12.8. The summed E-state index contributed by atoms with van der Waals surface area (Å²) >= 11 is 0. The van der Waals surface area contributed by atoms with Gasteiger partial charge < -0.3 is 14.1 Å². The third kappa shape index (κ3) is 5.69. The maximum Gasteiger partial charge on any atom is 0.336 e. The van der Waals surface area contributed by atoms with Crippen molar-refractivity contribution >= 4 is 79.8 Å². The highest BCUT2D eigenvalue weighted by molar-refractivity contribution is 7.20. The van der Waals surface area contributed by atoms with Crippen LogP contribution in [0.3, 0.4) is 0 Å². The van der Waals surface area contributed by atoms with Crippen LogP contribution in [0.15, 0.2) is 249 Å². The highest BCUT2D eigenvalue weighted by atomic mass is 28.3. The van der Waals surface area contributed by atoms with Crippen LogP contribution in [0.4, 0.5) is 11.4 Å². The van der Waals surface area contributed by atoms with Gasteiger partial charge >= 0.3 is 6.85 Å². The van der Waals surface area contributed by atoms with Crippen LogP contribution in [0.2, 0.25) is 0 Å². The molecule has 11 aromatic rings. The molecule has 3 nitrogen and oxygen atoms in total. The predicted molar refractivity (Wildman–Crippen MR) is 275 cm³/mol. The second kappa shape index (κ2) is 15.0. The van der Waals surface area contributed by atoms with E-state index in [-0.39, 0.29) is 6.85 Å². The predicted octanol–water partition coefficient (Wildman–Crippen LogP) is 10.9. The van der Waals surface area contributed by atoms with Gasteiger partial charge in [-0.15, -0.1) is 0 Å². The highest BCUT2D eigenvalue weighted by Crippen LogP contribution is 2.46. The molecule has 65 heavy (non-hydrogen) atoms. The zero-order chi connectivity index (χ0) is 42.9. The Morgan fingerprint density at radius 3 is 1.49 bits per heavy atom. The van der Waals surface area contributed by atoms with Crippen LogP contribution < -0.4 is 41.2 Å². The first-order valence-corrected chi connectivity index (χ1v) is 24.5. The second-order valence-corrected chi connectivity index (χ2v) is 21.0. The molecule has 0 N–H and O–H groups in total. The summed E-state index contributed by atoms with van der Waals surface area (Å²) in [7, 11) is -2.86. The molecule has 0 unspecified atom stereocenters. The number of rotatable bonds is 7. The van der Waals surface area contributed by atoms with E-state index in [0.29, 0.717) is 0 Å². The maximum atomic E-state index is 7.32. The quantitative estimate of drug-likeness (QED) is 0.117. The summed E-state index contributed by atoms with van der Waals surface area (Å²) in [6.07, 6.45) is 0.